The minimum atomic E-state index is -1.10. The van der Waals surface area contributed by atoms with E-state index < -0.39 is 5.60 Å². The van der Waals surface area contributed by atoms with E-state index in [1.807, 2.05) is 13.8 Å². The second-order valence-corrected chi connectivity index (χ2v) is 4.58. The normalized spacial score (nSPS) is 14.4. The molecule has 1 aromatic rings. The molecule has 0 heterocycles. The monoisotopic (exact) mass is 254 g/mol. The van der Waals surface area contributed by atoms with E-state index in [0.717, 1.165) is 0 Å². The van der Waals surface area contributed by atoms with Gasteiger partial charge >= 0.3 is 0 Å². The summed E-state index contributed by atoms with van der Waals surface area (Å²) in [6, 6.07) is 5.38. The molecule has 4 heteroatoms. The third kappa shape index (κ3) is 2.76. The number of aliphatic hydroxyl groups is 1. The van der Waals surface area contributed by atoms with Gasteiger partial charge in [0.05, 0.1) is 20.8 Å². The van der Waals surface area contributed by atoms with Gasteiger partial charge in [-0.15, -0.1) is 0 Å². The lowest BCUT2D eigenvalue weighted by atomic mass is 9.83. The second kappa shape index (κ2) is 6.07. The Morgan fingerprint density at radius 1 is 1.17 bits per heavy atom. The lowest BCUT2D eigenvalue weighted by Crippen LogP contribution is -2.37. The van der Waals surface area contributed by atoms with Gasteiger partial charge in [0.15, 0.2) is 0 Å². The zero-order valence-electron chi connectivity index (χ0n) is 11.7. The third-order valence-corrected chi connectivity index (χ3v) is 3.19. The minimum absolute atomic E-state index is 0.0153. The minimum Gasteiger partial charge on any atom is -0.497 e. The number of hydrogen-bond donors (Lipinski definition) is 1. The molecule has 1 unspecified atom stereocenters. The summed E-state index contributed by atoms with van der Waals surface area (Å²) in [5.41, 5.74) is -0.421. The standard InChI is InChI=1S/C14H22O4/c1-10(2)14(15,9-16-3)12-8-11(17-4)6-7-13(12)18-5/h6-8,10,15H,9H2,1-5H3. The fourth-order valence-corrected chi connectivity index (χ4v) is 1.93. The van der Waals surface area contributed by atoms with Gasteiger partial charge in [0.2, 0.25) is 0 Å². The Hall–Kier alpha value is -1.26. The Labute approximate surface area is 108 Å². The lowest BCUT2D eigenvalue weighted by molar-refractivity contribution is -0.0713. The Bertz CT molecular complexity index is 389. The molecule has 0 saturated heterocycles. The van der Waals surface area contributed by atoms with Crippen LogP contribution in [0.1, 0.15) is 19.4 Å². The second-order valence-electron chi connectivity index (χ2n) is 4.58. The predicted octanol–water partition coefficient (Wildman–Crippen LogP) is 2.19. The molecule has 0 amide bonds. The summed E-state index contributed by atoms with van der Waals surface area (Å²) in [7, 11) is 4.75. The molecule has 0 fully saturated rings. The molecule has 0 aliphatic carbocycles. The van der Waals surface area contributed by atoms with Crippen molar-refractivity contribution >= 4 is 0 Å². The SMILES string of the molecule is COCC(O)(c1cc(OC)ccc1OC)C(C)C. The van der Waals surface area contributed by atoms with Gasteiger partial charge in [-0.2, -0.15) is 0 Å². The lowest BCUT2D eigenvalue weighted by Gasteiger charge is -2.33. The van der Waals surface area contributed by atoms with Crippen LogP contribution in [0.15, 0.2) is 18.2 Å². The highest BCUT2D eigenvalue weighted by Gasteiger charge is 2.36. The van der Waals surface area contributed by atoms with Gasteiger partial charge in [-0.1, -0.05) is 13.8 Å². The topological polar surface area (TPSA) is 47.9 Å². The molecule has 4 nitrogen and oxygen atoms in total. The fourth-order valence-electron chi connectivity index (χ4n) is 1.93. The average molecular weight is 254 g/mol. The first-order valence-corrected chi connectivity index (χ1v) is 5.93. The van der Waals surface area contributed by atoms with Crippen molar-refractivity contribution in [2.75, 3.05) is 27.9 Å². The van der Waals surface area contributed by atoms with Crippen LogP contribution in [0.4, 0.5) is 0 Å². The summed E-state index contributed by atoms with van der Waals surface area (Å²) in [6.07, 6.45) is 0. The van der Waals surface area contributed by atoms with Crippen molar-refractivity contribution in [1.82, 2.24) is 0 Å². The number of benzene rings is 1. The highest BCUT2D eigenvalue weighted by Crippen LogP contribution is 2.38. The highest BCUT2D eigenvalue weighted by molar-refractivity contribution is 5.44. The highest BCUT2D eigenvalue weighted by atomic mass is 16.5. The van der Waals surface area contributed by atoms with Gasteiger partial charge in [-0.05, 0) is 24.1 Å². The van der Waals surface area contributed by atoms with Crippen LogP contribution in [0.2, 0.25) is 0 Å². The van der Waals surface area contributed by atoms with E-state index in [2.05, 4.69) is 0 Å². The first kappa shape index (κ1) is 14.8. The maximum Gasteiger partial charge on any atom is 0.125 e. The first-order valence-electron chi connectivity index (χ1n) is 5.93. The van der Waals surface area contributed by atoms with E-state index >= 15 is 0 Å². The predicted molar refractivity (Wildman–Crippen MR) is 70.2 cm³/mol. The van der Waals surface area contributed by atoms with Crippen LogP contribution in [0, 0.1) is 5.92 Å². The van der Waals surface area contributed by atoms with Crippen LogP contribution in [-0.2, 0) is 10.3 Å². The maximum absolute atomic E-state index is 10.8. The van der Waals surface area contributed by atoms with Gasteiger partial charge < -0.3 is 19.3 Å². The summed E-state index contributed by atoms with van der Waals surface area (Å²) in [6.45, 7) is 4.09. The molecule has 0 radical (unpaired) electrons. The molecule has 0 aliphatic heterocycles. The molecule has 1 aromatic carbocycles. The van der Waals surface area contributed by atoms with Gasteiger partial charge in [-0.25, -0.2) is 0 Å². The Balaban J connectivity index is 3.33. The van der Waals surface area contributed by atoms with Crippen LogP contribution in [-0.4, -0.2) is 33.0 Å². The summed E-state index contributed by atoms with van der Waals surface area (Å²) in [5, 5.41) is 10.8. The molecule has 0 aliphatic rings. The molecule has 1 atom stereocenters. The fraction of sp³-hybridized carbons (Fsp3) is 0.571. The quantitative estimate of drug-likeness (QED) is 0.845. The zero-order chi connectivity index (χ0) is 13.8. The smallest absolute Gasteiger partial charge is 0.125 e. The van der Waals surface area contributed by atoms with Gasteiger partial charge in [0.1, 0.15) is 17.1 Å². The number of methoxy groups -OCH3 is 3. The third-order valence-electron chi connectivity index (χ3n) is 3.19. The Kier molecular flexibility index (Phi) is 4.99. The van der Waals surface area contributed by atoms with Crippen molar-refractivity contribution in [3.05, 3.63) is 23.8 Å². The van der Waals surface area contributed by atoms with E-state index in [1.165, 1.54) is 0 Å². The van der Waals surface area contributed by atoms with Crippen LogP contribution in [0.25, 0.3) is 0 Å². The molecule has 0 bridgehead atoms. The van der Waals surface area contributed by atoms with Gasteiger partial charge in [-0.3, -0.25) is 0 Å². The number of hydrogen-bond acceptors (Lipinski definition) is 4. The molecule has 1 N–H and O–H groups in total. The summed E-state index contributed by atoms with van der Waals surface area (Å²) in [5.74, 6) is 1.29. The summed E-state index contributed by atoms with van der Waals surface area (Å²) in [4.78, 5) is 0. The zero-order valence-corrected chi connectivity index (χ0v) is 11.7. The maximum atomic E-state index is 10.8. The molecule has 0 saturated carbocycles. The van der Waals surface area contributed by atoms with E-state index in [4.69, 9.17) is 14.2 Å². The summed E-state index contributed by atoms with van der Waals surface area (Å²) >= 11 is 0. The molecule has 18 heavy (non-hydrogen) atoms. The van der Waals surface area contributed by atoms with Crippen LogP contribution in [0.5, 0.6) is 11.5 Å². The Morgan fingerprint density at radius 3 is 2.28 bits per heavy atom. The van der Waals surface area contributed by atoms with E-state index in [0.29, 0.717) is 17.1 Å². The van der Waals surface area contributed by atoms with Crippen molar-refractivity contribution in [2.24, 2.45) is 5.92 Å². The average Bonchev–Trinajstić information content (AvgIpc) is 2.37. The number of ether oxygens (including phenoxy) is 3. The van der Waals surface area contributed by atoms with Crippen LogP contribution >= 0.6 is 0 Å². The summed E-state index contributed by atoms with van der Waals surface area (Å²) < 4.78 is 15.7. The van der Waals surface area contributed by atoms with E-state index in [-0.39, 0.29) is 12.5 Å². The van der Waals surface area contributed by atoms with E-state index in [9.17, 15) is 5.11 Å². The molecule has 102 valence electrons. The molecular weight excluding hydrogens is 232 g/mol. The largest absolute Gasteiger partial charge is 0.497 e. The van der Waals surface area contributed by atoms with Crippen molar-refractivity contribution in [3.63, 3.8) is 0 Å². The van der Waals surface area contributed by atoms with Gasteiger partial charge in [0, 0.05) is 12.7 Å². The van der Waals surface area contributed by atoms with Crippen molar-refractivity contribution in [1.29, 1.82) is 0 Å². The van der Waals surface area contributed by atoms with Crippen LogP contribution in [0.3, 0.4) is 0 Å². The van der Waals surface area contributed by atoms with Crippen LogP contribution < -0.4 is 9.47 Å². The molecule has 1 rings (SSSR count). The Morgan fingerprint density at radius 2 is 1.83 bits per heavy atom. The molecular formula is C14H22O4. The van der Waals surface area contributed by atoms with Crippen molar-refractivity contribution in [2.45, 2.75) is 19.4 Å². The van der Waals surface area contributed by atoms with Crippen molar-refractivity contribution < 1.29 is 19.3 Å². The van der Waals surface area contributed by atoms with Crippen molar-refractivity contribution in [3.8, 4) is 11.5 Å². The molecule has 0 aromatic heterocycles. The van der Waals surface area contributed by atoms with Gasteiger partial charge in [0.25, 0.3) is 0 Å². The number of rotatable bonds is 6. The first-order chi connectivity index (χ1) is 8.49. The van der Waals surface area contributed by atoms with E-state index in [1.54, 1.807) is 39.5 Å². The molecule has 0 spiro atoms.